The molecule has 0 atom stereocenters. The van der Waals surface area contributed by atoms with Gasteiger partial charge in [-0.1, -0.05) is 53.5 Å². The van der Waals surface area contributed by atoms with Gasteiger partial charge in [-0.15, -0.1) is 0 Å². The van der Waals surface area contributed by atoms with Gasteiger partial charge in [0.1, 0.15) is 0 Å². The van der Waals surface area contributed by atoms with E-state index in [9.17, 15) is 4.79 Å². The van der Waals surface area contributed by atoms with Gasteiger partial charge < -0.3 is 10.1 Å². The minimum absolute atomic E-state index is 0.168. The van der Waals surface area contributed by atoms with E-state index in [0.29, 0.717) is 16.6 Å². The van der Waals surface area contributed by atoms with Gasteiger partial charge in [0.15, 0.2) is 0 Å². The monoisotopic (exact) mass is 404 g/mol. The first-order valence-corrected chi connectivity index (χ1v) is 9.64. The summed E-state index contributed by atoms with van der Waals surface area (Å²) in [6.07, 6.45) is 3.15. The van der Waals surface area contributed by atoms with Crippen LogP contribution in [-0.4, -0.2) is 37.1 Å². The molecule has 1 aliphatic heterocycles. The molecule has 27 heavy (non-hydrogen) atoms. The van der Waals surface area contributed by atoms with Crippen molar-refractivity contribution in [3.63, 3.8) is 0 Å². The van der Waals surface area contributed by atoms with Gasteiger partial charge >= 0.3 is 0 Å². The average Bonchev–Trinajstić information content (AvgIpc) is 2.67. The van der Waals surface area contributed by atoms with Gasteiger partial charge in [-0.3, -0.25) is 9.69 Å². The van der Waals surface area contributed by atoms with Crippen molar-refractivity contribution in [2.75, 3.05) is 26.3 Å². The van der Waals surface area contributed by atoms with Crippen LogP contribution in [0.1, 0.15) is 16.7 Å². The lowest BCUT2D eigenvalue weighted by Crippen LogP contribution is -2.35. The van der Waals surface area contributed by atoms with Crippen molar-refractivity contribution >= 4 is 35.2 Å². The molecule has 3 rings (SSSR count). The summed E-state index contributed by atoms with van der Waals surface area (Å²) in [5.41, 5.74) is 3.08. The number of nitrogens with zero attached hydrogens (tertiary/aromatic N) is 1. The molecule has 1 fully saturated rings. The lowest BCUT2D eigenvalue weighted by atomic mass is 10.1. The van der Waals surface area contributed by atoms with E-state index >= 15 is 0 Å². The standard InChI is InChI=1S/C21H22Cl2N2O2/c22-19-7-5-18(20(23)13-19)6-8-21(26)24-14-16-1-3-17(4-2-16)15-25-9-11-27-12-10-25/h1-8,13H,9-12,14-15H2,(H,24,26)/b8-6+. The molecule has 1 heterocycles. The van der Waals surface area contributed by atoms with Crippen LogP contribution in [0.25, 0.3) is 6.08 Å². The van der Waals surface area contributed by atoms with Crippen LogP contribution in [0.2, 0.25) is 10.0 Å². The molecule has 1 saturated heterocycles. The molecule has 6 heteroatoms. The van der Waals surface area contributed by atoms with Crippen LogP contribution in [0.4, 0.5) is 0 Å². The average molecular weight is 405 g/mol. The first kappa shape index (κ1) is 19.9. The Morgan fingerprint density at radius 1 is 1.07 bits per heavy atom. The summed E-state index contributed by atoms with van der Waals surface area (Å²) in [5.74, 6) is -0.168. The van der Waals surface area contributed by atoms with E-state index in [1.165, 1.54) is 11.6 Å². The Labute approximate surface area is 169 Å². The molecular weight excluding hydrogens is 383 g/mol. The highest BCUT2D eigenvalue weighted by molar-refractivity contribution is 6.35. The van der Waals surface area contributed by atoms with Crippen molar-refractivity contribution in [3.8, 4) is 0 Å². The fraction of sp³-hybridized carbons (Fsp3) is 0.286. The number of hydrogen-bond acceptors (Lipinski definition) is 3. The fourth-order valence-corrected chi connectivity index (χ4v) is 3.30. The maximum absolute atomic E-state index is 12.0. The molecule has 0 saturated carbocycles. The van der Waals surface area contributed by atoms with E-state index in [0.717, 1.165) is 44.0 Å². The van der Waals surface area contributed by atoms with Gasteiger partial charge in [0, 0.05) is 42.3 Å². The highest BCUT2D eigenvalue weighted by Crippen LogP contribution is 2.21. The second-order valence-corrected chi connectivity index (χ2v) is 7.27. The molecule has 142 valence electrons. The number of morpholine rings is 1. The van der Waals surface area contributed by atoms with Crippen molar-refractivity contribution in [2.45, 2.75) is 13.1 Å². The van der Waals surface area contributed by atoms with E-state index < -0.39 is 0 Å². The van der Waals surface area contributed by atoms with E-state index in [4.69, 9.17) is 27.9 Å². The van der Waals surface area contributed by atoms with Gasteiger partial charge in [-0.05, 0) is 34.9 Å². The normalized spacial score (nSPS) is 15.2. The molecule has 0 aliphatic carbocycles. The first-order chi connectivity index (χ1) is 13.1. The summed E-state index contributed by atoms with van der Waals surface area (Å²) < 4.78 is 5.37. The summed E-state index contributed by atoms with van der Waals surface area (Å²) in [5, 5.41) is 3.96. The summed E-state index contributed by atoms with van der Waals surface area (Å²) in [6.45, 7) is 4.97. The van der Waals surface area contributed by atoms with Crippen molar-refractivity contribution < 1.29 is 9.53 Å². The topological polar surface area (TPSA) is 41.6 Å². The largest absolute Gasteiger partial charge is 0.379 e. The number of hydrogen-bond donors (Lipinski definition) is 1. The molecule has 1 amide bonds. The van der Waals surface area contributed by atoms with Crippen LogP contribution < -0.4 is 5.32 Å². The molecular formula is C21H22Cl2N2O2. The smallest absolute Gasteiger partial charge is 0.244 e. The van der Waals surface area contributed by atoms with Crippen molar-refractivity contribution in [1.82, 2.24) is 10.2 Å². The van der Waals surface area contributed by atoms with E-state index in [-0.39, 0.29) is 5.91 Å². The maximum Gasteiger partial charge on any atom is 0.244 e. The van der Waals surface area contributed by atoms with Gasteiger partial charge in [0.2, 0.25) is 5.91 Å². The number of carbonyl (C=O) groups is 1. The van der Waals surface area contributed by atoms with Gasteiger partial charge in [0.05, 0.1) is 13.2 Å². The Balaban J connectivity index is 1.47. The molecule has 0 bridgehead atoms. The van der Waals surface area contributed by atoms with Crippen molar-refractivity contribution in [3.05, 3.63) is 75.3 Å². The van der Waals surface area contributed by atoms with Crippen LogP contribution in [-0.2, 0) is 22.6 Å². The molecule has 1 N–H and O–H groups in total. The third-order valence-electron chi connectivity index (χ3n) is 4.38. The highest BCUT2D eigenvalue weighted by Gasteiger charge is 2.10. The highest BCUT2D eigenvalue weighted by atomic mass is 35.5. The second-order valence-electron chi connectivity index (χ2n) is 6.42. The molecule has 0 unspecified atom stereocenters. The number of halogens is 2. The third kappa shape index (κ3) is 6.36. The Morgan fingerprint density at radius 2 is 1.78 bits per heavy atom. The number of rotatable bonds is 6. The molecule has 2 aromatic rings. The molecule has 0 spiro atoms. The summed E-state index contributed by atoms with van der Waals surface area (Å²) in [7, 11) is 0. The molecule has 0 aromatic heterocycles. The maximum atomic E-state index is 12.0. The van der Waals surface area contributed by atoms with E-state index in [1.54, 1.807) is 24.3 Å². The summed E-state index contributed by atoms with van der Waals surface area (Å²) >= 11 is 12.0. The molecule has 1 aliphatic rings. The van der Waals surface area contributed by atoms with Crippen molar-refractivity contribution in [1.29, 1.82) is 0 Å². The van der Waals surface area contributed by atoms with E-state index in [2.05, 4.69) is 34.5 Å². The molecule has 4 nitrogen and oxygen atoms in total. The number of benzene rings is 2. The van der Waals surface area contributed by atoms with Crippen LogP contribution >= 0.6 is 23.2 Å². The predicted octanol–water partition coefficient (Wildman–Crippen LogP) is 4.16. The van der Waals surface area contributed by atoms with Gasteiger partial charge in [-0.25, -0.2) is 0 Å². The lowest BCUT2D eigenvalue weighted by Gasteiger charge is -2.26. The Hall–Kier alpha value is -1.85. The first-order valence-electron chi connectivity index (χ1n) is 8.89. The Morgan fingerprint density at radius 3 is 2.48 bits per heavy atom. The van der Waals surface area contributed by atoms with Crippen LogP contribution in [0.15, 0.2) is 48.5 Å². The number of amides is 1. The lowest BCUT2D eigenvalue weighted by molar-refractivity contribution is -0.116. The Bertz CT molecular complexity index is 800. The molecule has 0 radical (unpaired) electrons. The minimum atomic E-state index is -0.168. The summed E-state index contributed by atoms with van der Waals surface area (Å²) in [6, 6.07) is 13.5. The second kappa shape index (κ2) is 9.90. The SMILES string of the molecule is O=C(/C=C/c1ccc(Cl)cc1Cl)NCc1ccc(CN2CCOCC2)cc1. The van der Waals surface area contributed by atoms with Crippen LogP contribution in [0.5, 0.6) is 0 Å². The Kier molecular flexibility index (Phi) is 7.30. The number of ether oxygens (including phenoxy) is 1. The zero-order chi connectivity index (χ0) is 19.1. The molecule has 2 aromatic carbocycles. The van der Waals surface area contributed by atoms with Crippen molar-refractivity contribution in [2.24, 2.45) is 0 Å². The van der Waals surface area contributed by atoms with Crippen LogP contribution in [0, 0.1) is 0 Å². The van der Waals surface area contributed by atoms with Gasteiger partial charge in [-0.2, -0.15) is 0 Å². The number of carbonyl (C=O) groups excluding carboxylic acids is 1. The zero-order valence-electron chi connectivity index (χ0n) is 15.0. The van der Waals surface area contributed by atoms with Crippen LogP contribution in [0.3, 0.4) is 0 Å². The summed E-state index contributed by atoms with van der Waals surface area (Å²) in [4.78, 5) is 14.4. The third-order valence-corrected chi connectivity index (χ3v) is 4.94. The number of nitrogens with one attached hydrogen (secondary N) is 1. The predicted molar refractivity (Wildman–Crippen MR) is 110 cm³/mol. The quantitative estimate of drug-likeness (QED) is 0.734. The van der Waals surface area contributed by atoms with Gasteiger partial charge in [0.25, 0.3) is 0 Å². The fourth-order valence-electron chi connectivity index (χ4n) is 2.83. The zero-order valence-corrected chi connectivity index (χ0v) is 16.5. The minimum Gasteiger partial charge on any atom is -0.379 e. The van der Waals surface area contributed by atoms with E-state index in [1.807, 2.05) is 0 Å².